The fourth-order valence-electron chi connectivity index (χ4n) is 1.59. The molecule has 0 fully saturated rings. The van der Waals surface area contributed by atoms with Crippen LogP contribution in [0.3, 0.4) is 0 Å². The Morgan fingerprint density at radius 2 is 2.12 bits per heavy atom. The van der Waals surface area contributed by atoms with E-state index >= 15 is 0 Å². The number of carboxylic acid groups (broad SMARTS) is 1. The first-order valence-electron chi connectivity index (χ1n) is 4.66. The van der Waals surface area contributed by atoms with E-state index in [1.54, 1.807) is 17.0 Å². The number of carboxylic acids is 1. The third-order valence-corrected chi connectivity index (χ3v) is 3.01. The molecule has 0 saturated heterocycles. The van der Waals surface area contributed by atoms with Crippen molar-refractivity contribution in [3.8, 4) is 5.75 Å². The molecule has 0 aliphatic carbocycles. The Morgan fingerprint density at radius 3 is 2.81 bits per heavy atom. The van der Waals surface area contributed by atoms with E-state index in [0.29, 0.717) is 34.6 Å². The molecule has 6 heteroatoms. The molecule has 1 aromatic carbocycles. The maximum absolute atomic E-state index is 10.7. The second kappa shape index (κ2) is 4.39. The number of hydrogen-bond acceptors (Lipinski definition) is 3. The van der Waals surface area contributed by atoms with E-state index in [1.165, 1.54) is 0 Å². The number of ether oxygens (including phenoxy) is 1. The number of anilines is 1. The lowest BCUT2D eigenvalue weighted by Gasteiger charge is -2.30. The summed E-state index contributed by atoms with van der Waals surface area (Å²) in [5.74, 6) is -0.319. The third-order valence-electron chi connectivity index (χ3n) is 2.29. The summed E-state index contributed by atoms with van der Waals surface area (Å²) in [6.45, 7) is 0.893. The summed E-state index contributed by atoms with van der Waals surface area (Å²) >= 11 is 11.7. The predicted molar refractivity (Wildman–Crippen MR) is 61.8 cm³/mol. The Balaban J connectivity index is 2.37. The maximum atomic E-state index is 10.7. The number of carbonyl (C=O) groups is 1. The van der Waals surface area contributed by atoms with E-state index < -0.39 is 5.97 Å². The van der Waals surface area contributed by atoms with Crippen LogP contribution in [-0.4, -0.2) is 30.8 Å². The van der Waals surface area contributed by atoms with Crippen LogP contribution in [0.2, 0.25) is 10.0 Å². The maximum Gasteiger partial charge on any atom is 0.323 e. The lowest BCUT2D eigenvalue weighted by atomic mass is 10.2. The highest BCUT2D eigenvalue weighted by Gasteiger charge is 2.21. The van der Waals surface area contributed by atoms with Crippen molar-refractivity contribution in [3.05, 3.63) is 22.2 Å². The SMILES string of the molecule is O=C(O)CN1CCOc2cc(Cl)c(Cl)cc21. The van der Waals surface area contributed by atoms with Crippen molar-refractivity contribution in [1.82, 2.24) is 0 Å². The van der Waals surface area contributed by atoms with Crippen molar-refractivity contribution >= 4 is 34.9 Å². The number of benzene rings is 1. The van der Waals surface area contributed by atoms with Crippen LogP contribution in [0, 0.1) is 0 Å². The molecule has 1 aromatic rings. The second-order valence-corrected chi connectivity index (χ2v) is 4.21. The first-order valence-corrected chi connectivity index (χ1v) is 5.42. The Bertz CT molecular complexity index is 436. The van der Waals surface area contributed by atoms with E-state index in [1.807, 2.05) is 0 Å². The molecular weight excluding hydrogens is 253 g/mol. The molecule has 0 spiro atoms. The zero-order valence-electron chi connectivity index (χ0n) is 8.24. The van der Waals surface area contributed by atoms with Crippen LogP contribution < -0.4 is 9.64 Å². The molecule has 1 aliphatic rings. The molecule has 0 saturated carbocycles. The average molecular weight is 262 g/mol. The van der Waals surface area contributed by atoms with E-state index in [2.05, 4.69) is 0 Å². The van der Waals surface area contributed by atoms with Gasteiger partial charge in [-0.25, -0.2) is 0 Å². The van der Waals surface area contributed by atoms with Crippen LogP contribution in [0.5, 0.6) is 5.75 Å². The number of aliphatic carboxylic acids is 1. The van der Waals surface area contributed by atoms with Gasteiger partial charge in [0.05, 0.1) is 22.3 Å². The first kappa shape index (κ1) is 11.4. The van der Waals surface area contributed by atoms with Crippen molar-refractivity contribution in [2.75, 3.05) is 24.6 Å². The van der Waals surface area contributed by atoms with Gasteiger partial charge in [0.2, 0.25) is 0 Å². The van der Waals surface area contributed by atoms with Crippen LogP contribution in [0.4, 0.5) is 5.69 Å². The topological polar surface area (TPSA) is 49.8 Å². The normalized spacial score (nSPS) is 14.2. The van der Waals surface area contributed by atoms with Gasteiger partial charge in [-0.1, -0.05) is 23.2 Å². The predicted octanol–water partition coefficient (Wildman–Crippen LogP) is 2.28. The Morgan fingerprint density at radius 1 is 1.44 bits per heavy atom. The minimum absolute atomic E-state index is 0.0751. The van der Waals surface area contributed by atoms with Gasteiger partial charge in [-0.05, 0) is 6.07 Å². The molecule has 0 atom stereocenters. The quantitative estimate of drug-likeness (QED) is 0.888. The Kier molecular flexibility index (Phi) is 3.12. The summed E-state index contributed by atoms with van der Waals surface area (Å²) in [4.78, 5) is 12.4. The van der Waals surface area contributed by atoms with Crippen molar-refractivity contribution in [2.45, 2.75) is 0 Å². The fourth-order valence-corrected chi connectivity index (χ4v) is 1.91. The van der Waals surface area contributed by atoms with Crippen molar-refractivity contribution in [3.63, 3.8) is 0 Å². The number of hydrogen-bond donors (Lipinski definition) is 1. The molecule has 0 bridgehead atoms. The van der Waals surface area contributed by atoms with Crippen LogP contribution in [-0.2, 0) is 4.79 Å². The highest BCUT2D eigenvalue weighted by Crippen LogP contribution is 2.38. The molecule has 86 valence electrons. The molecule has 0 radical (unpaired) electrons. The Hall–Kier alpha value is -1.13. The lowest BCUT2D eigenvalue weighted by molar-refractivity contribution is -0.135. The lowest BCUT2D eigenvalue weighted by Crippen LogP contribution is -2.36. The first-order chi connectivity index (χ1) is 7.58. The monoisotopic (exact) mass is 261 g/mol. The molecule has 0 aromatic heterocycles. The molecule has 16 heavy (non-hydrogen) atoms. The minimum atomic E-state index is -0.890. The van der Waals surface area contributed by atoms with Gasteiger partial charge in [-0.15, -0.1) is 0 Å². The molecule has 1 N–H and O–H groups in total. The summed E-state index contributed by atoms with van der Waals surface area (Å²) < 4.78 is 5.39. The van der Waals surface area contributed by atoms with Gasteiger partial charge in [0, 0.05) is 6.07 Å². The minimum Gasteiger partial charge on any atom is -0.490 e. The summed E-state index contributed by atoms with van der Waals surface area (Å²) in [6, 6.07) is 3.23. The van der Waals surface area contributed by atoms with Crippen molar-refractivity contribution in [2.24, 2.45) is 0 Å². The molecule has 1 aliphatic heterocycles. The summed E-state index contributed by atoms with van der Waals surface area (Å²) in [6.07, 6.45) is 0. The van der Waals surface area contributed by atoms with E-state index in [9.17, 15) is 4.79 Å². The molecule has 1 heterocycles. The van der Waals surface area contributed by atoms with Crippen LogP contribution in [0.1, 0.15) is 0 Å². The second-order valence-electron chi connectivity index (χ2n) is 3.40. The van der Waals surface area contributed by atoms with Crippen LogP contribution in [0.15, 0.2) is 12.1 Å². The van der Waals surface area contributed by atoms with Gasteiger partial charge in [-0.2, -0.15) is 0 Å². The largest absolute Gasteiger partial charge is 0.490 e. The van der Waals surface area contributed by atoms with E-state index in [-0.39, 0.29) is 6.54 Å². The molecule has 4 nitrogen and oxygen atoms in total. The van der Waals surface area contributed by atoms with Crippen LogP contribution >= 0.6 is 23.2 Å². The van der Waals surface area contributed by atoms with Gasteiger partial charge < -0.3 is 14.7 Å². The van der Waals surface area contributed by atoms with Gasteiger partial charge >= 0.3 is 5.97 Å². The van der Waals surface area contributed by atoms with Crippen molar-refractivity contribution in [1.29, 1.82) is 0 Å². The smallest absolute Gasteiger partial charge is 0.323 e. The zero-order chi connectivity index (χ0) is 11.7. The zero-order valence-corrected chi connectivity index (χ0v) is 9.75. The van der Waals surface area contributed by atoms with E-state index in [4.69, 9.17) is 33.0 Å². The highest BCUT2D eigenvalue weighted by atomic mass is 35.5. The highest BCUT2D eigenvalue weighted by molar-refractivity contribution is 6.42. The molecule has 2 rings (SSSR count). The molecule has 0 amide bonds. The number of nitrogens with zero attached hydrogens (tertiary/aromatic N) is 1. The number of halogens is 2. The summed E-state index contributed by atoms with van der Waals surface area (Å²) in [5, 5.41) is 9.56. The summed E-state index contributed by atoms with van der Waals surface area (Å²) in [7, 11) is 0. The van der Waals surface area contributed by atoms with Crippen molar-refractivity contribution < 1.29 is 14.6 Å². The number of fused-ring (bicyclic) bond motifs is 1. The summed E-state index contributed by atoms with van der Waals surface area (Å²) in [5.41, 5.74) is 0.669. The molecule has 0 unspecified atom stereocenters. The van der Waals surface area contributed by atoms with Gasteiger partial charge in [0.15, 0.2) is 0 Å². The van der Waals surface area contributed by atoms with E-state index in [0.717, 1.165) is 0 Å². The molecular formula is C10H9Cl2NO3. The Labute approximate surface area is 102 Å². The van der Waals surface area contributed by atoms with Gasteiger partial charge in [0.1, 0.15) is 18.9 Å². The third kappa shape index (κ3) is 2.18. The number of rotatable bonds is 2. The average Bonchev–Trinajstić information content (AvgIpc) is 2.20. The van der Waals surface area contributed by atoms with Crippen LogP contribution in [0.25, 0.3) is 0 Å². The fraction of sp³-hybridized carbons (Fsp3) is 0.300. The van der Waals surface area contributed by atoms with Gasteiger partial charge in [0.25, 0.3) is 0 Å². The standard InChI is InChI=1S/C10H9Cl2NO3/c11-6-3-8-9(4-7(6)12)16-2-1-13(8)5-10(14)15/h3-4H,1-2,5H2,(H,14,15). The van der Waals surface area contributed by atoms with Gasteiger partial charge in [-0.3, -0.25) is 4.79 Å².